The van der Waals surface area contributed by atoms with Gasteiger partial charge >= 0.3 is 0 Å². The van der Waals surface area contributed by atoms with E-state index in [9.17, 15) is 10.1 Å². The molecule has 0 spiro atoms. The van der Waals surface area contributed by atoms with Gasteiger partial charge in [-0.25, -0.2) is 0 Å². The summed E-state index contributed by atoms with van der Waals surface area (Å²) in [6, 6.07) is 10.2. The van der Waals surface area contributed by atoms with Crippen LogP contribution in [0.2, 0.25) is 10.0 Å². The molecule has 5 nitrogen and oxygen atoms in total. The highest BCUT2D eigenvalue weighted by atomic mass is 35.5. The Bertz CT molecular complexity index is 945. The van der Waals surface area contributed by atoms with Crippen LogP contribution < -0.4 is 4.74 Å². The highest BCUT2D eigenvalue weighted by Gasteiger charge is 2.19. The molecule has 0 aliphatic rings. The molecule has 0 bridgehead atoms. The van der Waals surface area contributed by atoms with Crippen molar-refractivity contribution in [1.82, 2.24) is 4.98 Å². The molecule has 0 atom stereocenters. The van der Waals surface area contributed by atoms with E-state index < -0.39 is 4.92 Å². The number of hydrogen-bond acceptors (Lipinski definition) is 4. The van der Waals surface area contributed by atoms with Crippen molar-refractivity contribution in [2.24, 2.45) is 0 Å². The Balaban J connectivity index is 1.96. The molecule has 7 heteroatoms. The van der Waals surface area contributed by atoms with E-state index in [1.165, 1.54) is 12.1 Å². The van der Waals surface area contributed by atoms with Crippen molar-refractivity contribution in [2.75, 3.05) is 0 Å². The maximum atomic E-state index is 11.0. The number of fused-ring (bicyclic) bond motifs is 1. The van der Waals surface area contributed by atoms with Gasteiger partial charge in [-0.1, -0.05) is 35.3 Å². The number of halogens is 2. The van der Waals surface area contributed by atoms with Crippen molar-refractivity contribution in [3.8, 4) is 5.75 Å². The van der Waals surface area contributed by atoms with Crippen molar-refractivity contribution in [3.63, 3.8) is 0 Å². The van der Waals surface area contributed by atoms with Crippen LogP contribution in [-0.4, -0.2) is 9.91 Å². The Morgan fingerprint density at radius 1 is 1.25 bits per heavy atom. The van der Waals surface area contributed by atoms with Crippen LogP contribution in [0, 0.1) is 17.0 Å². The molecule has 3 rings (SSSR count). The highest BCUT2D eigenvalue weighted by molar-refractivity contribution is 6.37. The molecular formula is C17H12Cl2N2O3. The van der Waals surface area contributed by atoms with Gasteiger partial charge < -0.3 is 4.74 Å². The Labute approximate surface area is 147 Å². The first-order valence-corrected chi connectivity index (χ1v) is 7.82. The number of hydrogen-bond donors (Lipinski definition) is 0. The molecule has 0 aliphatic carbocycles. The van der Waals surface area contributed by atoms with E-state index in [-0.39, 0.29) is 17.3 Å². The van der Waals surface area contributed by atoms with E-state index in [1.54, 1.807) is 6.20 Å². The second-order valence-corrected chi connectivity index (χ2v) is 5.99. The van der Waals surface area contributed by atoms with Crippen LogP contribution in [0.4, 0.5) is 5.69 Å². The van der Waals surface area contributed by atoms with E-state index in [0.717, 1.165) is 16.5 Å². The minimum absolute atomic E-state index is 0.00872. The molecule has 0 saturated heterocycles. The largest absolute Gasteiger partial charge is 0.488 e. The lowest BCUT2D eigenvalue weighted by Gasteiger charge is -2.12. The van der Waals surface area contributed by atoms with Crippen molar-refractivity contribution >= 4 is 39.7 Å². The summed E-state index contributed by atoms with van der Waals surface area (Å²) in [6.07, 6.45) is 1.77. The highest BCUT2D eigenvalue weighted by Crippen LogP contribution is 2.34. The maximum Gasteiger partial charge on any atom is 0.288 e. The third-order valence-corrected chi connectivity index (χ3v) is 4.37. The van der Waals surface area contributed by atoms with E-state index in [4.69, 9.17) is 27.9 Å². The van der Waals surface area contributed by atoms with Gasteiger partial charge in [-0.15, -0.1) is 0 Å². The number of rotatable bonds is 4. The molecule has 0 amide bonds. The van der Waals surface area contributed by atoms with Crippen LogP contribution in [0.1, 0.15) is 11.3 Å². The van der Waals surface area contributed by atoms with Crippen LogP contribution in [0.15, 0.2) is 42.6 Å². The summed E-state index contributed by atoms with van der Waals surface area (Å²) in [7, 11) is 0. The molecule has 0 N–H and O–H groups in total. The summed E-state index contributed by atoms with van der Waals surface area (Å²) in [5, 5.41) is 13.2. The minimum Gasteiger partial charge on any atom is -0.488 e. The van der Waals surface area contributed by atoms with E-state index in [0.29, 0.717) is 16.3 Å². The van der Waals surface area contributed by atoms with Gasteiger partial charge in [-0.05, 0) is 25.1 Å². The standard InChI is InChI=1S/C17H12Cl2N2O3/c1-10-7-12-11(8-20-10)3-2-4-16(12)24-9-13-14(18)5-6-15(17(13)19)21(22)23/h2-8H,9H2,1H3. The fourth-order valence-electron chi connectivity index (χ4n) is 2.38. The van der Waals surface area contributed by atoms with Crippen molar-refractivity contribution in [2.45, 2.75) is 13.5 Å². The monoisotopic (exact) mass is 362 g/mol. The third kappa shape index (κ3) is 3.13. The van der Waals surface area contributed by atoms with Gasteiger partial charge in [0.05, 0.1) is 4.92 Å². The molecule has 3 aromatic rings. The molecule has 0 saturated carbocycles. The van der Waals surface area contributed by atoms with Crippen molar-refractivity contribution in [3.05, 3.63) is 74.0 Å². The molecular weight excluding hydrogens is 351 g/mol. The molecule has 0 aliphatic heterocycles. The number of aromatic nitrogens is 1. The molecule has 1 aromatic heterocycles. The maximum absolute atomic E-state index is 11.0. The normalized spacial score (nSPS) is 10.8. The summed E-state index contributed by atoms with van der Waals surface area (Å²) >= 11 is 12.2. The second kappa shape index (κ2) is 6.63. The second-order valence-electron chi connectivity index (χ2n) is 5.21. The molecule has 1 heterocycles. The quantitative estimate of drug-likeness (QED) is 0.464. The lowest BCUT2D eigenvalue weighted by Crippen LogP contribution is -2.00. The fraction of sp³-hybridized carbons (Fsp3) is 0.118. The molecule has 0 radical (unpaired) electrons. The van der Waals surface area contributed by atoms with Crippen LogP contribution in [0.25, 0.3) is 10.8 Å². The molecule has 2 aromatic carbocycles. The predicted octanol–water partition coefficient (Wildman–Crippen LogP) is 5.34. The van der Waals surface area contributed by atoms with Crippen LogP contribution in [0.5, 0.6) is 5.75 Å². The lowest BCUT2D eigenvalue weighted by molar-refractivity contribution is -0.384. The predicted molar refractivity (Wildman–Crippen MR) is 93.9 cm³/mol. The summed E-state index contributed by atoms with van der Waals surface area (Å²) in [6.45, 7) is 1.92. The van der Waals surface area contributed by atoms with Gasteiger partial charge in [0.2, 0.25) is 0 Å². The Morgan fingerprint density at radius 3 is 2.79 bits per heavy atom. The third-order valence-electron chi connectivity index (χ3n) is 3.59. The smallest absolute Gasteiger partial charge is 0.288 e. The number of nitro groups is 1. The van der Waals surface area contributed by atoms with Gasteiger partial charge in [0.25, 0.3) is 5.69 Å². The zero-order valence-electron chi connectivity index (χ0n) is 12.6. The summed E-state index contributed by atoms with van der Waals surface area (Å²) < 4.78 is 5.84. The van der Waals surface area contributed by atoms with Gasteiger partial charge in [0.15, 0.2) is 0 Å². The molecule has 24 heavy (non-hydrogen) atoms. The van der Waals surface area contributed by atoms with E-state index >= 15 is 0 Å². The first-order valence-electron chi connectivity index (χ1n) is 7.07. The number of aryl methyl sites for hydroxylation is 1. The number of benzene rings is 2. The topological polar surface area (TPSA) is 65.3 Å². The van der Waals surface area contributed by atoms with Gasteiger partial charge in [0, 0.05) is 39.3 Å². The van der Waals surface area contributed by atoms with Crippen molar-refractivity contribution < 1.29 is 9.66 Å². The number of ether oxygens (including phenoxy) is 1. The summed E-state index contributed by atoms with van der Waals surface area (Å²) in [5.74, 6) is 0.636. The van der Waals surface area contributed by atoms with E-state index in [1.807, 2.05) is 31.2 Å². The Morgan fingerprint density at radius 2 is 2.04 bits per heavy atom. The zero-order valence-corrected chi connectivity index (χ0v) is 14.1. The average molecular weight is 363 g/mol. The molecule has 0 unspecified atom stereocenters. The van der Waals surface area contributed by atoms with Crippen LogP contribution >= 0.6 is 23.2 Å². The zero-order chi connectivity index (χ0) is 17.3. The minimum atomic E-state index is -0.547. The lowest BCUT2D eigenvalue weighted by atomic mass is 10.1. The van der Waals surface area contributed by atoms with E-state index in [2.05, 4.69) is 4.98 Å². The first-order chi connectivity index (χ1) is 11.5. The number of pyridine rings is 1. The van der Waals surface area contributed by atoms with Crippen LogP contribution in [0.3, 0.4) is 0 Å². The summed E-state index contributed by atoms with van der Waals surface area (Å²) in [5.41, 5.74) is 1.05. The first kappa shape index (κ1) is 16.5. The van der Waals surface area contributed by atoms with Crippen molar-refractivity contribution in [1.29, 1.82) is 0 Å². The average Bonchev–Trinajstić information content (AvgIpc) is 2.54. The van der Waals surface area contributed by atoms with Gasteiger partial charge in [0.1, 0.15) is 17.4 Å². The summed E-state index contributed by atoms with van der Waals surface area (Å²) in [4.78, 5) is 14.7. The Kier molecular flexibility index (Phi) is 4.55. The van der Waals surface area contributed by atoms with Crippen LogP contribution in [-0.2, 0) is 6.61 Å². The number of nitro benzene ring substituents is 1. The number of nitrogens with zero attached hydrogens (tertiary/aromatic N) is 2. The molecule has 122 valence electrons. The SMILES string of the molecule is Cc1cc2c(OCc3c(Cl)ccc([N+](=O)[O-])c3Cl)cccc2cn1. The fourth-order valence-corrected chi connectivity index (χ4v) is 2.93. The van der Waals surface area contributed by atoms with Gasteiger partial charge in [-0.3, -0.25) is 15.1 Å². The Hall–Kier alpha value is -2.37. The van der Waals surface area contributed by atoms with Gasteiger partial charge in [-0.2, -0.15) is 0 Å². The molecule has 0 fully saturated rings.